The van der Waals surface area contributed by atoms with Gasteiger partial charge in [0.05, 0.1) is 6.67 Å². The van der Waals surface area contributed by atoms with Crippen molar-refractivity contribution in [1.29, 1.82) is 0 Å². The first-order valence-corrected chi connectivity index (χ1v) is 6.49. The number of unbranched alkanes of at least 4 members (excludes halogenated alkanes) is 3. The topological polar surface area (TPSA) is 0 Å². The van der Waals surface area contributed by atoms with Crippen LogP contribution in [0.1, 0.15) is 45.4 Å². The quantitative estimate of drug-likeness (QED) is 0.353. The SMILES string of the molecule is CCC(CI)CCCCCCF. The van der Waals surface area contributed by atoms with Crippen LogP contribution in [-0.2, 0) is 0 Å². The normalized spacial score (nSPS) is 13.2. The van der Waals surface area contributed by atoms with Gasteiger partial charge in [0.1, 0.15) is 0 Å². The zero-order valence-corrected chi connectivity index (χ0v) is 10.1. The second-order valence-corrected chi connectivity index (χ2v) is 4.20. The lowest BCUT2D eigenvalue weighted by molar-refractivity contribution is 0.437. The zero-order chi connectivity index (χ0) is 9.23. The van der Waals surface area contributed by atoms with Crippen LogP contribution in [0.5, 0.6) is 0 Å². The van der Waals surface area contributed by atoms with Gasteiger partial charge in [0, 0.05) is 4.43 Å². The van der Waals surface area contributed by atoms with Gasteiger partial charge in [0.15, 0.2) is 0 Å². The molecular weight excluding hydrogens is 266 g/mol. The molecule has 0 aliphatic heterocycles. The zero-order valence-electron chi connectivity index (χ0n) is 7.99. The summed E-state index contributed by atoms with van der Waals surface area (Å²) in [5.41, 5.74) is 0. The van der Waals surface area contributed by atoms with Crippen LogP contribution >= 0.6 is 22.6 Å². The summed E-state index contributed by atoms with van der Waals surface area (Å²) in [6.07, 6.45) is 6.99. The molecule has 0 spiro atoms. The molecule has 0 radical (unpaired) electrons. The molecule has 0 bridgehead atoms. The smallest absolute Gasteiger partial charge is 0.0894 e. The number of alkyl halides is 2. The van der Waals surface area contributed by atoms with Gasteiger partial charge in [-0.15, -0.1) is 0 Å². The molecule has 0 aromatic rings. The summed E-state index contributed by atoms with van der Waals surface area (Å²) in [5, 5.41) is 0. The number of rotatable bonds is 8. The molecule has 12 heavy (non-hydrogen) atoms. The average Bonchev–Trinajstić information content (AvgIpc) is 2.11. The third-order valence-corrected chi connectivity index (χ3v) is 3.54. The second-order valence-electron chi connectivity index (χ2n) is 3.32. The van der Waals surface area contributed by atoms with Gasteiger partial charge in [-0.2, -0.15) is 0 Å². The summed E-state index contributed by atoms with van der Waals surface area (Å²) in [7, 11) is 0. The fourth-order valence-corrected chi connectivity index (χ4v) is 2.33. The van der Waals surface area contributed by atoms with Crippen LogP contribution in [0, 0.1) is 5.92 Å². The maximum Gasteiger partial charge on any atom is 0.0894 e. The van der Waals surface area contributed by atoms with Crippen molar-refractivity contribution in [2.75, 3.05) is 11.1 Å². The Morgan fingerprint density at radius 2 is 1.83 bits per heavy atom. The third kappa shape index (κ3) is 7.32. The lowest BCUT2D eigenvalue weighted by atomic mass is 10.0. The summed E-state index contributed by atoms with van der Waals surface area (Å²) in [6.45, 7) is 2.12. The standard InChI is InChI=1S/C10H20FI/c1-2-10(9-12)7-5-3-4-6-8-11/h10H,2-9H2,1H3. The molecule has 0 fully saturated rings. The molecule has 0 rings (SSSR count). The van der Waals surface area contributed by atoms with Crippen LogP contribution in [0.25, 0.3) is 0 Å². The van der Waals surface area contributed by atoms with Crippen molar-refractivity contribution in [2.45, 2.75) is 45.4 Å². The molecule has 0 aromatic carbocycles. The first-order valence-electron chi connectivity index (χ1n) is 4.97. The highest BCUT2D eigenvalue weighted by atomic mass is 127. The first-order chi connectivity index (χ1) is 5.85. The largest absolute Gasteiger partial charge is 0.251 e. The third-order valence-electron chi connectivity index (χ3n) is 2.29. The fourth-order valence-electron chi connectivity index (χ4n) is 1.27. The lowest BCUT2D eigenvalue weighted by Gasteiger charge is -2.09. The Balaban J connectivity index is 3.06. The summed E-state index contributed by atoms with van der Waals surface area (Å²) in [6, 6.07) is 0. The van der Waals surface area contributed by atoms with Crippen molar-refractivity contribution in [3.8, 4) is 0 Å². The van der Waals surface area contributed by atoms with Gasteiger partial charge < -0.3 is 0 Å². The molecule has 0 aromatic heterocycles. The van der Waals surface area contributed by atoms with Crippen molar-refractivity contribution >= 4 is 22.6 Å². The predicted octanol–water partition coefficient (Wildman–Crippen LogP) is 4.37. The Bertz CT molecular complexity index is 81.9. The van der Waals surface area contributed by atoms with E-state index in [2.05, 4.69) is 29.5 Å². The van der Waals surface area contributed by atoms with Crippen molar-refractivity contribution < 1.29 is 4.39 Å². The maximum atomic E-state index is 11.7. The summed E-state index contributed by atoms with van der Waals surface area (Å²) >= 11 is 2.46. The summed E-state index contributed by atoms with van der Waals surface area (Å²) in [4.78, 5) is 0. The Labute approximate surface area is 89.5 Å². The highest BCUT2D eigenvalue weighted by Gasteiger charge is 2.02. The molecule has 1 atom stereocenters. The highest BCUT2D eigenvalue weighted by molar-refractivity contribution is 14.1. The first kappa shape index (κ1) is 12.7. The van der Waals surface area contributed by atoms with Crippen LogP contribution in [0.4, 0.5) is 4.39 Å². The Morgan fingerprint density at radius 3 is 2.33 bits per heavy atom. The van der Waals surface area contributed by atoms with Crippen molar-refractivity contribution in [3.05, 3.63) is 0 Å². The Kier molecular flexibility index (Phi) is 10.3. The van der Waals surface area contributed by atoms with E-state index in [1.54, 1.807) is 0 Å². The van der Waals surface area contributed by atoms with Crippen LogP contribution in [0.2, 0.25) is 0 Å². The van der Waals surface area contributed by atoms with E-state index in [0.29, 0.717) is 0 Å². The highest BCUT2D eigenvalue weighted by Crippen LogP contribution is 2.16. The van der Waals surface area contributed by atoms with E-state index in [-0.39, 0.29) is 6.67 Å². The molecular formula is C10H20FI. The predicted molar refractivity (Wildman–Crippen MR) is 61.7 cm³/mol. The van der Waals surface area contributed by atoms with Crippen LogP contribution in [-0.4, -0.2) is 11.1 Å². The molecule has 0 heterocycles. The number of hydrogen-bond acceptors (Lipinski definition) is 0. The summed E-state index contributed by atoms with van der Waals surface area (Å²) in [5.74, 6) is 0.899. The molecule has 0 N–H and O–H groups in total. The van der Waals surface area contributed by atoms with E-state index >= 15 is 0 Å². The molecule has 2 heteroatoms. The Morgan fingerprint density at radius 1 is 1.17 bits per heavy atom. The lowest BCUT2D eigenvalue weighted by Crippen LogP contribution is -1.99. The molecule has 0 saturated carbocycles. The van der Waals surface area contributed by atoms with E-state index in [1.165, 1.54) is 30.1 Å². The summed E-state index contributed by atoms with van der Waals surface area (Å²) < 4.78 is 13.0. The minimum absolute atomic E-state index is 0.135. The molecule has 0 amide bonds. The number of hydrogen-bond donors (Lipinski definition) is 0. The minimum Gasteiger partial charge on any atom is -0.251 e. The van der Waals surface area contributed by atoms with E-state index in [9.17, 15) is 4.39 Å². The van der Waals surface area contributed by atoms with E-state index in [0.717, 1.165) is 18.8 Å². The Hall–Kier alpha value is 0.660. The van der Waals surface area contributed by atoms with E-state index in [1.807, 2.05) is 0 Å². The van der Waals surface area contributed by atoms with Gasteiger partial charge in [-0.1, -0.05) is 55.2 Å². The monoisotopic (exact) mass is 286 g/mol. The van der Waals surface area contributed by atoms with Gasteiger partial charge in [0.25, 0.3) is 0 Å². The minimum atomic E-state index is -0.135. The van der Waals surface area contributed by atoms with Crippen molar-refractivity contribution in [2.24, 2.45) is 5.92 Å². The van der Waals surface area contributed by atoms with Gasteiger partial charge in [-0.25, -0.2) is 0 Å². The fraction of sp³-hybridized carbons (Fsp3) is 1.00. The van der Waals surface area contributed by atoms with Gasteiger partial charge >= 0.3 is 0 Å². The van der Waals surface area contributed by atoms with Crippen molar-refractivity contribution in [3.63, 3.8) is 0 Å². The van der Waals surface area contributed by atoms with Gasteiger partial charge in [-0.05, 0) is 18.8 Å². The van der Waals surface area contributed by atoms with Crippen LogP contribution < -0.4 is 0 Å². The molecule has 0 nitrogen and oxygen atoms in total. The molecule has 1 unspecified atom stereocenters. The molecule has 0 aliphatic carbocycles. The van der Waals surface area contributed by atoms with Crippen LogP contribution in [0.3, 0.4) is 0 Å². The van der Waals surface area contributed by atoms with Gasteiger partial charge in [0.2, 0.25) is 0 Å². The number of halogens is 2. The van der Waals surface area contributed by atoms with Gasteiger partial charge in [-0.3, -0.25) is 4.39 Å². The molecule has 0 aliphatic rings. The molecule has 74 valence electrons. The van der Waals surface area contributed by atoms with E-state index in [4.69, 9.17) is 0 Å². The van der Waals surface area contributed by atoms with E-state index < -0.39 is 0 Å². The van der Waals surface area contributed by atoms with Crippen LogP contribution in [0.15, 0.2) is 0 Å². The second kappa shape index (κ2) is 9.75. The molecule has 0 saturated heterocycles. The van der Waals surface area contributed by atoms with Crippen molar-refractivity contribution in [1.82, 2.24) is 0 Å². The average molecular weight is 286 g/mol. The maximum absolute atomic E-state index is 11.7.